The van der Waals surface area contributed by atoms with Crippen LogP contribution in [-0.4, -0.2) is 15.3 Å². The lowest BCUT2D eigenvalue weighted by Gasteiger charge is -2.10. The van der Waals surface area contributed by atoms with E-state index in [0.717, 1.165) is 11.1 Å². The van der Waals surface area contributed by atoms with Crippen molar-refractivity contribution in [3.8, 4) is 28.4 Å². The lowest BCUT2D eigenvalue weighted by molar-refractivity contribution is 0.404. The average molecular weight is 230 g/mol. The number of benzene rings is 2. The molecule has 3 N–H and O–H groups in total. The number of aryl methyl sites for hydroxylation is 2. The average Bonchev–Trinajstić information content (AvgIpc) is 2.27. The van der Waals surface area contributed by atoms with Crippen LogP contribution in [0.15, 0.2) is 30.3 Å². The fourth-order valence-electron chi connectivity index (χ4n) is 1.83. The first kappa shape index (κ1) is 11.3. The highest BCUT2D eigenvalue weighted by Gasteiger charge is 2.13. The Kier molecular flexibility index (Phi) is 2.68. The van der Waals surface area contributed by atoms with E-state index < -0.39 is 0 Å². The Bertz CT molecular complexity index is 574. The molecule has 2 aromatic rings. The molecule has 0 fully saturated rings. The van der Waals surface area contributed by atoms with Crippen LogP contribution >= 0.6 is 0 Å². The Morgan fingerprint density at radius 2 is 1.35 bits per heavy atom. The minimum absolute atomic E-state index is 0.0795. The maximum atomic E-state index is 9.83. The Labute approximate surface area is 99.6 Å². The second-order valence-corrected chi connectivity index (χ2v) is 4.20. The summed E-state index contributed by atoms with van der Waals surface area (Å²) in [6.07, 6.45) is 0. The Balaban J connectivity index is 2.72. The predicted octanol–water partition coefficient (Wildman–Crippen LogP) is 3.09. The normalized spacial score (nSPS) is 10.5. The molecule has 0 atom stereocenters. The molecule has 0 amide bonds. The number of phenolic OH excluding ortho intramolecular Hbond substituents is 3. The molecule has 2 rings (SSSR count). The largest absolute Gasteiger partial charge is 0.507 e. The van der Waals surface area contributed by atoms with E-state index in [0.29, 0.717) is 11.1 Å². The van der Waals surface area contributed by atoms with Gasteiger partial charge in [-0.1, -0.05) is 11.6 Å². The fourth-order valence-corrected chi connectivity index (χ4v) is 1.83. The molecular weight excluding hydrogens is 216 g/mol. The van der Waals surface area contributed by atoms with E-state index in [-0.39, 0.29) is 17.2 Å². The van der Waals surface area contributed by atoms with Gasteiger partial charge < -0.3 is 15.3 Å². The zero-order valence-corrected chi connectivity index (χ0v) is 9.73. The van der Waals surface area contributed by atoms with Crippen molar-refractivity contribution in [3.05, 3.63) is 41.5 Å². The maximum absolute atomic E-state index is 9.83. The quantitative estimate of drug-likeness (QED) is 0.660. The van der Waals surface area contributed by atoms with Crippen molar-refractivity contribution in [1.82, 2.24) is 0 Å². The van der Waals surface area contributed by atoms with E-state index in [1.165, 1.54) is 6.07 Å². The molecule has 0 aliphatic rings. The Hall–Kier alpha value is -2.16. The summed E-state index contributed by atoms with van der Waals surface area (Å²) in [6, 6.07) is 8.33. The second-order valence-electron chi connectivity index (χ2n) is 4.20. The van der Waals surface area contributed by atoms with E-state index in [9.17, 15) is 15.3 Å². The van der Waals surface area contributed by atoms with Gasteiger partial charge >= 0.3 is 0 Å². The summed E-state index contributed by atoms with van der Waals surface area (Å²) >= 11 is 0. The molecule has 0 saturated heterocycles. The van der Waals surface area contributed by atoms with E-state index in [2.05, 4.69) is 0 Å². The molecule has 0 saturated carbocycles. The van der Waals surface area contributed by atoms with Gasteiger partial charge in [0.05, 0.1) is 0 Å². The van der Waals surface area contributed by atoms with Crippen molar-refractivity contribution in [3.63, 3.8) is 0 Å². The van der Waals surface area contributed by atoms with Crippen molar-refractivity contribution in [2.75, 3.05) is 0 Å². The van der Waals surface area contributed by atoms with Crippen LogP contribution in [0.5, 0.6) is 17.2 Å². The summed E-state index contributed by atoms with van der Waals surface area (Å²) in [4.78, 5) is 0. The fraction of sp³-hybridized carbons (Fsp3) is 0.143. The Morgan fingerprint density at radius 3 is 2.06 bits per heavy atom. The first-order valence-electron chi connectivity index (χ1n) is 5.31. The maximum Gasteiger partial charge on any atom is 0.165 e. The van der Waals surface area contributed by atoms with Gasteiger partial charge in [0, 0.05) is 11.1 Å². The van der Waals surface area contributed by atoms with E-state index >= 15 is 0 Å². The number of hydrogen-bond acceptors (Lipinski definition) is 3. The molecule has 0 spiro atoms. The van der Waals surface area contributed by atoms with Crippen molar-refractivity contribution in [1.29, 1.82) is 0 Å². The molecule has 17 heavy (non-hydrogen) atoms. The first-order valence-corrected chi connectivity index (χ1v) is 5.31. The summed E-state index contributed by atoms with van der Waals surface area (Å²) in [5.41, 5.74) is 2.74. The van der Waals surface area contributed by atoms with Gasteiger partial charge in [0.25, 0.3) is 0 Å². The SMILES string of the molecule is Cc1ccc(O)c(-c2cc(C)cc(O)c2O)c1. The lowest BCUT2D eigenvalue weighted by Crippen LogP contribution is -1.85. The van der Waals surface area contributed by atoms with Gasteiger partial charge in [0.1, 0.15) is 5.75 Å². The number of aromatic hydroxyl groups is 3. The first-order chi connectivity index (χ1) is 7.99. The van der Waals surface area contributed by atoms with Crippen molar-refractivity contribution in [2.45, 2.75) is 13.8 Å². The van der Waals surface area contributed by atoms with Crippen LogP contribution < -0.4 is 0 Å². The van der Waals surface area contributed by atoms with E-state index in [1.54, 1.807) is 24.3 Å². The molecule has 3 nitrogen and oxygen atoms in total. The number of phenols is 3. The molecule has 88 valence electrons. The van der Waals surface area contributed by atoms with Crippen molar-refractivity contribution < 1.29 is 15.3 Å². The van der Waals surface area contributed by atoms with Crippen LogP contribution in [0.25, 0.3) is 11.1 Å². The van der Waals surface area contributed by atoms with Gasteiger partial charge in [-0.25, -0.2) is 0 Å². The molecule has 0 aromatic heterocycles. The molecule has 0 unspecified atom stereocenters. The predicted molar refractivity (Wildman–Crippen MR) is 66.3 cm³/mol. The summed E-state index contributed by atoms with van der Waals surface area (Å²) in [5.74, 6) is -0.312. The van der Waals surface area contributed by atoms with Gasteiger partial charge in [-0.2, -0.15) is 0 Å². The molecule has 0 heterocycles. The molecular formula is C14H14O3. The topological polar surface area (TPSA) is 60.7 Å². The van der Waals surface area contributed by atoms with Gasteiger partial charge in [0.2, 0.25) is 0 Å². The highest BCUT2D eigenvalue weighted by atomic mass is 16.3. The third-order valence-electron chi connectivity index (χ3n) is 2.68. The van der Waals surface area contributed by atoms with Gasteiger partial charge in [-0.05, 0) is 43.7 Å². The van der Waals surface area contributed by atoms with E-state index in [1.807, 2.05) is 13.8 Å². The van der Waals surface area contributed by atoms with E-state index in [4.69, 9.17) is 0 Å². The zero-order valence-electron chi connectivity index (χ0n) is 9.73. The zero-order chi connectivity index (χ0) is 12.6. The molecule has 0 bridgehead atoms. The summed E-state index contributed by atoms with van der Waals surface area (Å²) in [6.45, 7) is 3.71. The monoisotopic (exact) mass is 230 g/mol. The Morgan fingerprint density at radius 1 is 0.706 bits per heavy atom. The number of hydrogen-bond donors (Lipinski definition) is 3. The van der Waals surface area contributed by atoms with Crippen LogP contribution in [-0.2, 0) is 0 Å². The summed E-state index contributed by atoms with van der Waals surface area (Å²) in [5, 5.41) is 29.2. The van der Waals surface area contributed by atoms with Crippen LogP contribution in [0.2, 0.25) is 0 Å². The van der Waals surface area contributed by atoms with Crippen molar-refractivity contribution in [2.24, 2.45) is 0 Å². The molecule has 0 radical (unpaired) electrons. The molecule has 3 heteroatoms. The standard InChI is InChI=1S/C14H14O3/c1-8-3-4-12(15)10(5-8)11-6-9(2)7-13(16)14(11)17/h3-7,15-17H,1-2H3. The van der Waals surface area contributed by atoms with Crippen LogP contribution in [0, 0.1) is 13.8 Å². The summed E-state index contributed by atoms with van der Waals surface area (Å²) in [7, 11) is 0. The molecule has 0 aliphatic heterocycles. The molecule has 2 aromatic carbocycles. The highest BCUT2D eigenvalue weighted by Crippen LogP contribution is 2.41. The van der Waals surface area contributed by atoms with Crippen LogP contribution in [0.3, 0.4) is 0 Å². The van der Waals surface area contributed by atoms with Crippen molar-refractivity contribution >= 4 is 0 Å². The van der Waals surface area contributed by atoms with Crippen LogP contribution in [0.4, 0.5) is 0 Å². The van der Waals surface area contributed by atoms with Crippen LogP contribution in [0.1, 0.15) is 11.1 Å². The molecule has 0 aliphatic carbocycles. The van der Waals surface area contributed by atoms with Gasteiger partial charge in [-0.3, -0.25) is 0 Å². The third-order valence-corrected chi connectivity index (χ3v) is 2.68. The minimum atomic E-state index is -0.212. The van der Waals surface area contributed by atoms with Gasteiger partial charge in [-0.15, -0.1) is 0 Å². The minimum Gasteiger partial charge on any atom is -0.507 e. The highest BCUT2D eigenvalue weighted by molar-refractivity contribution is 5.78. The summed E-state index contributed by atoms with van der Waals surface area (Å²) < 4.78 is 0. The lowest BCUT2D eigenvalue weighted by atomic mass is 9.99. The smallest absolute Gasteiger partial charge is 0.165 e. The number of rotatable bonds is 1. The second kappa shape index (κ2) is 4.01. The third kappa shape index (κ3) is 2.04. The van der Waals surface area contributed by atoms with Gasteiger partial charge in [0.15, 0.2) is 11.5 Å².